The van der Waals surface area contributed by atoms with Crippen molar-refractivity contribution in [3.8, 4) is 0 Å². The van der Waals surface area contributed by atoms with E-state index in [1.165, 1.54) is 0 Å². The summed E-state index contributed by atoms with van der Waals surface area (Å²) in [5.41, 5.74) is 0.208. The molecule has 1 aromatic carbocycles. The molecule has 1 unspecified atom stereocenters. The molecular formula is C15H21F2NO2. The van der Waals surface area contributed by atoms with Crippen LogP contribution < -0.4 is 5.32 Å². The Kier molecular flexibility index (Phi) is 7.15. The first kappa shape index (κ1) is 16.6. The van der Waals surface area contributed by atoms with Gasteiger partial charge in [-0.05, 0) is 43.1 Å². The van der Waals surface area contributed by atoms with E-state index in [2.05, 4.69) is 12.2 Å². The van der Waals surface area contributed by atoms with Crippen molar-refractivity contribution >= 4 is 5.97 Å². The van der Waals surface area contributed by atoms with E-state index in [-0.39, 0.29) is 24.4 Å². The molecule has 0 aliphatic rings. The quantitative estimate of drug-likeness (QED) is 0.685. The van der Waals surface area contributed by atoms with Crippen molar-refractivity contribution in [2.24, 2.45) is 0 Å². The second kappa shape index (κ2) is 8.64. The third kappa shape index (κ3) is 6.10. The molecule has 0 aromatic heterocycles. The lowest BCUT2D eigenvalue weighted by molar-refractivity contribution is -0.137. The first-order valence-electron chi connectivity index (χ1n) is 6.92. The monoisotopic (exact) mass is 285 g/mol. The molecule has 0 spiro atoms. The molecule has 2 N–H and O–H groups in total. The van der Waals surface area contributed by atoms with Gasteiger partial charge < -0.3 is 10.4 Å². The maximum atomic E-state index is 13.6. The summed E-state index contributed by atoms with van der Waals surface area (Å²) in [6.07, 6.45) is 3.13. The van der Waals surface area contributed by atoms with E-state index in [1.54, 1.807) is 0 Å². The van der Waals surface area contributed by atoms with Crippen LogP contribution in [0.5, 0.6) is 0 Å². The summed E-state index contributed by atoms with van der Waals surface area (Å²) in [5.74, 6) is -1.96. The largest absolute Gasteiger partial charge is 0.481 e. The van der Waals surface area contributed by atoms with Crippen LogP contribution in [-0.2, 0) is 11.2 Å². The van der Waals surface area contributed by atoms with Gasteiger partial charge in [0.15, 0.2) is 0 Å². The van der Waals surface area contributed by atoms with Gasteiger partial charge in [-0.15, -0.1) is 0 Å². The minimum Gasteiger partial charge on any atom is -0.481 e. The van der Waals surface area contributed by atoms with Gasteiger partial charge in [0, 0.05) is 6.04 Å². The minimum absolute atomic E-state index is 0.109. The van der Waals surface area contributed by atoms with Crippen molar-refractivity contribution in [3.05, 3.63) is 35.4 Å². The van der Waals surface area contributed by atoms with Crippen LogP contribution in [-0.4, -0.2) is 23.7 Å². The Hall–Kier alpha value is -1.49. The van der Waals surface area contributed by atoms with Crippen LogP contribution in [0.15, 0.2) is 18.2 Å². The van der Waals surface area contributed by atoms with Gasteiger partial charge in [-0.2, -0.15) is 0 Å². The van der Waals surface area contributed by atoms with E-state index < -0.39 is 17.6 Å². The third-order valence-corrected chi connectivity index (χ3v) is 3.11. The average Bonchev–Trinajstić information content (AvgIpc) is 2.38. The van der Waals surface area contributed by atoms with Crippen LogP contribution in [0.3, 0.4) is 0 Å². The molecule has 0 aliphatic heterocycles. The van der Waals surface area contributed by atoms with Gasteiger partial charge in [-0.1, -0.05) is 19.8 Å². The number of carbonyl (C=O) groups is 1. The molecule has 3 nitrogen and oxygen atoms in total. The minimum atomic E-state index is -0.949. The van der Waals surface area contributed by atoms with Gasteiger partial charge in [0.05, 0.1) is 6.42 Å². The van der Waals surface area contributed by atoms with Crippen LogP contribution in [0, 0.1) is 11.6 Å². The summed E-state index contributed by atoms with van der Waals surface area (Å²) < 4.78 is 26.7. The number of nitrogens with one attached hydrogen (secondary N) is 1. The van der Waals surface area contributed by atoms with Crippen molar-refractivity contribution < 1.29 is 18.7 Å². The van der Waals surface area contributed by atoms with Crippen molar-refractivity contribution in [2.45, 2.75) is 45.1 Å². The molecule has 20 heavy (non-hydrogen) atoms. The topological polar surface area (TPSA) is 49.3 Å². The molecule has 0 saturated carbocycles. The summed E-state index contributed by atoms with van der Waals surface area (Å²) in [6, 6.07) is 2.86. The fourth-order valence-electron chi connectivity index (χ4n) is 2.07. The molecule has 1 aromatic rings. The summed E-state index contributed by atoms with van der Waals surface area (Å²) in [5, 5.41) is 12.0. The van der Waals surface area contributed by atoms with Crippen LogP contribution >= 0.6 is 0 Å². The van der Waals surface area contributed by atoms with Crippen molar-refractivity contribution in [1.82, 2.24) is 5.32 Å². The highest BCUT2D eigenvalue weighted by Gasteiger charge is 2.16. The fraction of sp³-hybridized carbons (Fsp3) is 0.533. The molecule has 0 aliphatic carbocycles. The van der Waals surface area contributed by atoms with Crippen LogP contribution in [0.1, 0.15) is 38.2 Å². The highest BCUT2D eigenvalue weighted by molar-refractivity contribution is 5.67. The Bertz CT molecular complexity index is 438. The zero-order valence-electron chi connectivity index (χ0n) is 11.7. The van der Waals surface area contributed by atoms with Gasteiger partial charge in [-0.3, -0.25) is 4.79 Å². The number of hydrogen-bond donors (Lipinski definition) is 2. The van der Waals surface area contributed by atoms with Crippen LogP contribution in [0.2, 0.25) is 0 Å². The summed E-state index contributed by atoms with van der Waals surface area (Å²) in [7, 11) is 0. The van der Waals surface area contributed by atoms with Gasteiger partial charge in [-0.25, -0.2) is 8.78 Å². The number of hydrogen-bond acceptors (Lipinski definition) is 2. The normalized spacial score (nSPS) is 12.3. The molecule has 1 atom stereocenters. The SMILES string of the molecule is CCCCCNC(CC(=O)O)Cc1cc(F)ccc1F. The zero-order chi connectivity index (χ0) is 15.0. The van der Waals surface area contributed by atoms with E-state index >= 15 is 0 Å². The van der Waals surface area contributed by atoms with E-state index in [0.717, 1.165) is 37.5 Å². The Labute approximate surface area is 118 Å². The van der Waals surface area contributed by atoms with Crippen LogP contribution in [0.25, 0.3) is 0 Å². The molecule has 0 heterocycles. The number of benzene rings is 1. The van der Waals surface area contributed by atoms with E-state index in [9.17, 15) is 13.6 Å². The predicted molar refractivity (Wildman–Crippen MR) is 73.6 cm³/mol. The Morgan fingerprint density at radius 3 is 2.75 bits per heavy atom. The number of rotatable bonds is 9. The third-order valence-electron chi connectivity index (χ3n) is 3.11. The maximum Gasteiger partial charge on any atom is 0.304 e. The second-order valence-corrected chi connectivity index (χ2v) is 4.90. The molecule has 0 bridgehead atoms. The number of halogens is 2. The summed E-state index contributed by atoms with van der Waals surface area (Å²) in [6.45, 7) is 2.76. The number of unbranched alkanes of at least 4 members (excludes halogenated alkanes) is 2. The molecular weight excluding hydrogens is 264 g/mol. The van der Waals surface area contributed by atoms with E-state index in [0.29, 0.717) is 6.54 Å². The molecule has 0 radical (unpaired) electrons. The number of carboxylic acid groups (broad SMARTS) is 1. The Morgan fingerprint density at radius 1 is 1.35 bits per heavy atom. The summed E-state index contributed by atoms with van der Waals surface area (Å²) >= 11 is 0. The van der Waals surface area contributed by atoms with Gasteiger partial charge in [0.2, 0.25) is 0 Å². The van der Waals surface area contributed by atoms with Crippen LogP contribution in [0.4, 0.5) is 8.78 Å². The van der Waals surface area contributed by atoms with Gasteiger partial charge in [0.1, 0.15) is 11.6 Å². The second-order valence-electron chi connectivity index (χ2n) is 4.90. The standard InChI is InChI=1S/C15H21F2NO2/c1-2-3-4-7-18-13(10-15(19)20)9-11-8-12(16)5-6-14(11)17/h5-6,8,13,18H,2-4,7,9-10H2,1H3,(H,19,20). The fourth-order valence-corrected chi connectivity index (χ4v) is 2.07. The predicted octanol–water partition coefficient (Wildman–Crippen LogP) is 3.13. The van der Waals surface area contributed by atoms with Crippen molar-refractivity contribution in [2.75, 3.05) is 6.54 Å². The lowest BCUT2D eigenvalue weighted by Crippen LogP contribution is -2.34. The Balaban J connectivity index is 2.63. The molecule has 112 valence electrons. The Morgan fingerprint density at radius 2 is 2.10 bits per heavy atom. The first-order chi connectivity index (χ1) is 9.52. The smallest absolute Gasteiger partial charge is 0.304 e. The van der Waals surface area contributed by atoms with Crippen molar-refractivity contribution in [1.29, 1.82) is 0 Å². The molecule has 0 fully saturated rings. The van der Waals surface area contributed by atoms with E-state index in [1.807, 2.05) is 0 Å². The van der Waals surface area contributed by atoms with Crippen molar-refractivity contribution in [3.63, 3.8) is 0 Å². The van der Waals surface area contributed by atoms with Gasteiger partial charge >= 0.3 is 5.97 Å². The molecule has 1 rings (SSSR count). The lowest BCUT2D eigenvalue weighted by Gasteiger charge is -2.17. The highest BCUT2D eigenvalue weighted by Crippen LogP contribution is 2.13. The zero-order valence-corrected chi connectivity index (χ0v) is 11.7. The molecule has 5 heteroatoms. The maximum absolute atomic E-state index is 13.6. The first-order valence-corrected chi connectivity index (χ1v) is 6.92. The van der Waals surface area contributed by atoms with E-state index in [4.69, 9.17) is 5.11 Å². The summed E-state index contributed by atoms with van der Waals surface area (Å²) in [4.78, 5) is 10.8. The molecule has 0 amide bonds. The lowest BCUT2D eigenvalue weighted by atomic mass is 10.0. The molecule has 0 saturated heterocycles. The number of carboxylic acids is 1. The average molecular weight is 285 g/mol. The highest BCUT2D eigenvalue weighted by atomic mass is 19.1. The number of aliphatic carboxylic acids is 1. The van der Waals surface area contributed by atoms with Gasteiger partial charge in [0.25, 0.3) is 0 Å².